The summed E-state index contributed by atoms with van der Waals surface area (Å²) in [6.07, 6.45) is 0. The lowest BCUT2D eigenvalue weighted by Crippen LogP contribution is -2.33. The van der Waals surface area contributed by atoms with Crippen molar-refractivity contribution >= 4 is 56.8 Å². The fourth-order valence-corrected chi connectivity index (χ4v) is 3.09. The number of para-hydroxylation sites is 1. The molecule has 0 saturated carbocycles. The van der Waals surface area contributed by atoms with Gasteiger partial charge in [-0.15, -0.1) is 11.8 Å². The number of nitrogens with one attached hydrogen (secondary N) is 3. The Hall–Kier alpha value is -2.32. The highest BCUT2D eigenvalue weighted by Crippen LogP contribution is 2.21. The molecule has 0 aromatic heterocycles. The van der Waals surface area contributed by atoms with Gasteiger partial charge in [-0.1, -0.05) is 12.1 Å². The number of hydrogen-bond acceptors (Lipinski definition) is 4. The summed E-state index contributed by atoms with van der Waals surface area (Å²) in [5, 5.41) is 7.98. The first-order chi connectivity index (χ1) is 12.4. The average molecular weight is 436 g/mol. The summed E-state index contributed by atoms with van der Waals surface area (Å²) in [6.45, 7) is 1.35. The number of thioether (sulfide) groups is 1. The van der Waals surface area contributed by atoms with Crippen LogP contribution in [0.5, 0.6) is 0 Å². The van der Waals surface area contributed by atoms with E-state index in [1.165, 1.54) is 18.7 Å². The highest BCUT2D eigenvalue weighted by Gasteiger charge is 2.08. The smallest absolute Gasteiger partial charge is 0.243 e. The maximum absolute atomic E-state index is 11.9. The van der Waals surface area contributed by atoms with E-state index in [0.717, 1.165) is 9.37 Å². The zero-order valence-electron chi connectivity index (χ0n) is 14.0. The molecular formula is C18H18BrN3O3S. The van der Waals surface area contributed by atoms with Gasteiger partial charge in [0, 0.05) is 22.0 Å². The van der Waals surface area contributed by atoms with Crippen LogP contribution in [0.4, 0.5) is 11.4 Å². The van der Waals surface area contributed by atoms with Crippen LogP contribution >= 0.6 is 27.7 Å². The number of carbonyl (C=O) groups is 3. The van der Waals surface area contributed by atoms with E-state index in [2.05, 4.69) is 31.9 Å². The van der Waals surface area contributed by atoms with Crippen molar-refractivity contribution in [2.24, 2.45) is 0 Å². The van der Waals surface area contributed by atoms with E-state index in [9.17, 15) is 14.4 Å². The minimum atomic E-state index is -0.296. The van der Waals surface area contributed by atoms with Crippen molar-refractivity contribution < 1.29 is 14.4 Å². The Kier molecular flexibility index (Phi) is 7.68. The van der Waals surface area contributed by atoms with Gasteiger partial charge in [0.05, 0.1) is 18.0 Å². The Bertz CT molecular complexity index is 797. The maximum atomic E-state index is 11.9. The molecule has 0 atom stereocenters. The molecule has 2 aromatic carbocycles. The van der Waals surface area contributed by atoms with Gasteiger partial charge in [0.15, 0.2) is 0 Å². The number of benzene rings is 2. The quantitative estimate of drug-likeness (QED) is 0.582. The standard InChI is InChI=1S/C18H18BrN3O3S/c1-12(23)21-13-6-8-14(9-7-13)26-11-18(25)20-10-17(24)22-16-5-3-2-4-15(16)19/h2-9H,10-11H2,1H3,(H,20,25)(H,21,23)(H,22,24). The molecule has 0 spiro atoms. The van der Waals surface area contributed by atoms with E-state index in [1.54, 1.807) is 18.2 Å². The van der Waals surface area contributed by atoms with Crippen LogP contribution in [-0.2, 0) is 14.4 Å². The number of hydrogen-bond donors (Lipinski definition) is 3. The van der Waals surface area contributed by atoms with E-state index >= 15 is 0 Å². The van der Waals surface area contributed by atoms with E-state index < -0.39 is 0 Å². The Morgan fingerprint density at radius 1 is 0.962 bits per heavy atom. The van der Waals surface area contributed by atoms with E-state index in [-0.39, 0.29) is 30.0 Å². The molecule has 0 saturated heterocycles. The fraction of sp³-hybridized carbons (Fsp3) is 0.167. The Balaban J connectivity index is 1.72. The largest absolute Gasteiger partial charge is 0.346 e. The third-order valence-corrected chi connectivity index (χ3v) is 4.84. The minimum Gasteiger partial charge on any atom is -0.346 e. The third-order valence-electron chi connectivity index (χ3n) is 3.14. The van der Waals surface area contributed by atoms with Crippen LogP contribution in [0.25, 0.3) is 0 Å². The molecule has 0 aliphatic carbocycles. The molecule has 26 heavy (non-hydrogen) atoms. The predicted molar refractivity (Wildman–Crippen MR) is 107 cm³/mol. The fourth-order valence-electron chi connectivity index (χ4n) is 1.97. The Labute approximate surface area is 164 Å². The molecule has 0 bridgehead atoms. The van der Waals surface area contributed by atoms with Crippen molar-refractivity contribution in [2.75, 3.05) is 22.9 Å². The van der Waals surface area contributed by atoms with E-state index in [4.69, 9.17) is 0 Å². The second kappa shape index (κ2) is 9.98. The van der Waals surface area contributed by atoms with Crippen molar-refractivity contribution in [1.82, 2.24) is 5.32 Å². The normalized spacial score (nSPS) is 10.1. The molecule has 0 heterocycles. The van der Waals surface area contributed by atoms with Gasteiger partial charge in [-0.25, -0.2) is 0 Å². The third kappa shape index (κ3) is 6.89. The molecule has 3 amide bonds. The van der Waals surface area contributed by atoms with Crippen LogP contribution in [0.1, 0.15) is 6.92 Å². The van der Waals surface area contributed by atoms with E-state index in [1.807, 2.05) is 30.3 Å². The van der Waals surface area contributed by atoms with Crippen molar-refractivity contribution in [3.8, 4) is 0 Å². The van der Waals surface area contributed by atoms with Gasteiger partial charge in [-0.2, -0.15) is 0 Å². The van der Waals surface area contributed by atoms with Crippen LogP contribution in [0.2, 0.25) is 0 Å². The van der Waals surface area contributed by atoms with Crippen molar-refractivity contribution in [3.05, 3.63) is 53.0 Å². The van der Waals surface area contributed by atoms with Gasteiger partial charge >= 0.3 is 0 Å². The van der Waals surface area contributed by atoms with Gasteiger partial charge in [0.1, 0.15) is 0 Å². The molecular weight excluding hydrogens is 418 g/mol. The summed E-state index contributed by atoms with van der Waals surface area (Å²) in [6, 6.07) is 14.4. The lowest BCUT2D eigenvalue weighted by molar-refractivity contribution is -0.122. The number of anilines is 2. The maximum Gasteiger partial charge on any atom is 0.243 e. The van der Waals surface area contributed by atoms with E-state index in [0.29, 0.717) is 11.4 Å². The second-order valence-corrected chi connectivity index (χ2v) is 7.20. The first-order valence-electron chi connectivity index (χ1n) is 7.75. The number of rotatable bonds is 7. The molecule has 0 aliphatic heterocycles. The molecule has 0 unspecified atom stereocenters. The monoisotopic (exact) mass is 435 g/mol. The minimum absolute atomic E-state index is 0.0950. The first kappa shape index (κ1) is 20.0. The molecule has 3 N–H and O–H groups in total. The van der Waals surface area contributed by atoms with Crippen LogP contribution in [0, 0.1) is 0 Å². The van der Waals surface area contributed by atoms with Gasteiger partial charge in [-0.3, -0.25) is 14.4 Å². The Morgan fingerprint density at radius 3 is 2.31 bits per heavy atom. The highest BCUT2D eigenvalue weighted by molar-refractivity contribution is 9.10. The summed E-state index contributed by atoms with van der Waals surface area (Å²) in [4.78, 5) is 35.6. The van der Waals surface area contributed by atoms with Crippen LogP contribution in [0.15, 0.2) is 57.9 Å². The molecule has 136 valence electrons. The van der Waals surface area contributed by atoms with Gasteiger partial charge in [-0.05, 0) is 52.3 Å². The highest BCUT2D eigenvalue weighted by atomic mass is 79.9. The molecule has 2 rings (SSSR count). The van der Waals surface area contributed by atoms with Crippen LogP contribution in [0.3, 0.4) is 0 Å². The van der Waals surface area contributed by atoms with Gasteiger partial charge in [0.25, 0.3) is 0 Å². The topological polar surface area (TPSA) is 87.3 Å². The lowest BCUT2D eigenvalue weighted by atomic mass is 10.3. The molecule has 6 nitrogen and oxygen atoms in total. The number of carbonyl (C=O) groups excluding carboxylic acids is 3. The van der Waals surface area contributed by atoms with Gasteiger partial charge in [0.2, 0.25) is 17.7 Å². The zero-order valence-corrected chi connectivity index (χ0v) is 16.4. The summed E-state index contributed by atoms with van der Waals surface area (Å²) in [5.74, 6) is -0.467. The van der Waals surface area contributed by atoms with Crippen LogP contribution < -0.4 is 16.0 Å². The molecule has 0 radical (unpaired) electrons. The number of amides is 3. The summed E-state index contributed by atoms with van der Waals surface area (Å²) in [7, 11) is 0. The van der Waals surface area contributed by atoms with Crippen molar-refractivity contribution in [1.29, 1.82) is 0 Å². The first-order valence-corrected chi connectivity index (χ1v) is 9.53. The SMILES string of the molecule is CC(=O)Nc1ccc(SCC(=O)NCC(=O)Nc2ccccc2Br)cc1. The van der Waals surface area contributed by atoms with Crippen LogP contribution in [-0.4, -0.2) is 30.0 Å². The number of halogens is 1. The van der Waals surface area contributed by atoms with Crippen molar-refractivity contribution in [2.45, 2.75) is 11.8 Å². The lowest BCUT2D eigenvalue weighted by Gasteiger charge is -2.08. The van der Waals surface area contributed by atoms with Gasteiger partial charge < -0.3 is 16.0 Å². The molecule has 2 aromatic rings. The summed E-state index contributed by atoms with van der Waals surface area (Å²) in [5.41, 5.74) is 1.36. The second-order valence-electron chi connectivity index (χ2n) is 5.30. The molecule has 0 fully saturated rings. The summed E-state index contributed by atoms with van der Waals surface area (Å²) >= 11 is 4.70. The Morgan fingerprint density at radius 2 is 1.65 bits per heavy atom. The average Bonchev–Trinajstić information content (AvgIpc) is 2.61. The predicted octanol–water partition coefficient (Wildman–Crippen LogP) is 3.25. The molecule has 8 heteroatoms. The molecule has 0 aliphatic rings. The zero-order chi connectivity index (χ0) is 18.9. The van der Waals surface area contributed by atoms with Crippen molar-refractivity contribution in [3.63, 3.8) is 0 Å². The summed E-state index contributed by atoms with van der Waals surface area (Å²) < 4.78 is 0.776.